The van der Waals surface area contributed by atoms with Crippen molar-refractivity contribution in [1.29, 1.82) is 5.26 Å². The Balaban J connectivity index is 2.08. The van der Waals surface area contributed by atoms with E-state index >= 15 is 0 Å². The standard InChI is InChI=1S/C20H15N5OS/c1-12-8-13(2)10-15(9-12)24-19(26)22-18-16(11-21)17(23-25(18)20(24)27)14-6-4-3-5-7-14/h3-10H,1-2H3,(H,22,26). The van der Waals surface area contributed by atoms with Crippen molar-refractivity contribution in [3.8, 4) is 23.0 Å². The Morgan fingerprint density at radius 3 is 2.41 bits per heavy atom. The Bertz CT molecular complexity index is 1320. The van der Waals surface area contributed by atoms with Crippen LogP contribution in [0.4, 0.5) is 0 Å². The molecule has 0 radical (unpaired) electrons. The highest BCUT2D eigenvalue weighted by Gasteiger charge is 2.18. The number of benzene rings is 2. The summed E-state index contributed by atoms with van der Waals surface area (Å²) in [5.74, 6) is 0. The fraction of sp³-hybridized carbons (Fsp3) is 0.100. The van der Waals surface area contributed by atoms with E-state index < -0.39 is 5.69 Å². The van der Waals surface area contributed by atoms with Crippen LogP contribution < -0.4 is 5.69 Å². The van der Waals surface area contributed by atoms with Gasteiger partial charge in [-0.2, -0.15) is 14.9 Å². The van der Waals surface area contributed by atoms with Gasteiger partial charge < -0.3 is 0 Å². The molecule has 0 unspecified atom stereocenters. The van der Waals surface area contributed by atoms with E-state index in [2.05, 4.69) is 16.2 Å². The minimum Gasteiger partial charge on any atom is -0.290 e. The molecule has 0 saturated carbocycles. The molecule has 0 atom stereocenters. The average molecular weight is 373 g/mol. The summed E-state index contributed by atoms with van der Waals surface area (Å²) in [6, 6.07) is 17.3. The fourth-order valence-electron chi connectivity index (χ4n) is 3.22. The van der Waals surface area contributed by atoms with E-state index in [9.17, 15) is 10.1 Å². The number of aryl methyl sites for hydroxylation is 2. The van der Waals surface area contributed by atoms with Crippen molar-refractivity contribution in [3.05, 3.63) is 80.5 Å². The topological polar surface area (TPSA) is 78.9 Å². The van der Waals surface area contributed by atoms with Crippen molar-refractivity contribution in [1.82, 2.24) is 19.2 Å². The van der Waals surface area contributed by atoms with Gasteiger partial charge >= 0.3 is 5.69 Å². The van der Waals surface area contributed by atoms with Gasteiger partial charge in [-0.25, -0.2) is 9.36 Å². The Morgan fingerprint density at radius 1 is 1.11 bits per heavy atom. The zero-order chi connectivity index (χ0) is 19.1. The molecular formula is C20H15N5OS. The molecule has 6 nitrogen and oxygen atoms in total. The van der Waals surface area contributed by atoms with Gasteiger partial charge in [0.1, 0.15) is 17.3 Å². The molecule has 0 aliphatic rings. The molecule has 4 rings (SSSR count). The van der Waals surface area contributed by atoms with Crippen LogP contribution in [0.2, 0.25) is 0 Å². The molecule has 2 aromatic heterocycles. The second-order valence-electron chi connectivity index (χ2n) is 6.36. The summed E-state index contributed by atoms with van der Waals surface area (Å²) in [5, 5.41) is 14.2. The maximum Gasteiger partial charge on any atom is 0.334 e. The summed E-state index contributed by atoms with van der Waals surface area (Å²) in [5.41, 5.74) is 4.15. The van der Waals surface area contributed by atoms with Gasteiger partial charge in [0.15, 0.2) is 5.65 Å². The van der Waals surface area contributed by atoms with E-state index in [-0.39, 0.29) is 10.3 Å². The van der Waals surface area contributed by atoms with Gasteiger partial charge in [-0.3, -0.25) is 4.98 Å². The second-order valence-corrected chi connectivity index (χ2v) is 6.72. The summed E-state index contributed by atoms with van der Waals surface area (Å²) in [4.78, 5) is 15.5. The third kappa shape index (κ3) is 2.76. The summed E-state index contributed by atoms with van der Waals surface area (Å²) in [7, 11) is 0. The lowest BCUT2D eigenvalue weighted by Gasteiger charge is -2.09. The van der Waals surface area contributed by atoms with E-state index in [1.54, 1.807) is 0 Å². The number of rotatable bonds is 2. The molecule has 4 aromatic rings. The number of H-pyrrole nitrogens is 1. The first kappa shape index (κ1) is 16.9. The highest BCUT2D eigenvalue weighted by Crippen LogP contribution is 2.24. The molecule has 0 spiro atoms. The van der Waals surface area contributed by atoms with Crippen LogP contribution in [0.25, 0.3) is 22.6 Å². The van der Waals surface area contributed by atoms with Crippen LogP contribution in [0.5, 0.6) is 0 Å². The first-order valence-electron chi connectivity index (χ1n) is 8.32. The highest BCUT2D eigenvalue weighted by atomic mass is 32.1. The number of hydrogen-bond donors (Lipinski definition) is 1. The molecule has 27 heavy (non-hydrogen) atoms. The lowest BCUT2D eigenvalue weighted by molar-refractivity contribution is 0.778. The first-order valence-corrected chi connectivity index (χ1v) is 8.72. The quantitative estimate of drug-likeness (QED) is 0.544. The van der Waals surface area contributed by atoms with Crippen LogP contribution in [0, 0.1) is 29.9 Å². The van der Waals surface area contributed by atoms with Gasteiger partial charge in [-0.15, -0.1) is 0 Å². The van der Waals surface area contributed by atoms with Crippen molar-refractivity contribution in [2.24, 2.45) is 0 Å². The van der Waals surface area contributed by atoms with Crippen molar-refractivity contribution in [2.45, 2.75) is 13.8 Å². The highest BCUT2D eigenvalue weighted by molar-refractivity contribution is 7.71. The van der Waals surface area contributed by atoms with E-state index in [1.807, 2.05) is 62.4 Å². The number of hydrogen-bond acceptors (Lipinski definition) is 4. The minimum absolute atomic E-state index is 0.206. The molecule has 1 N–H and O–H groups in total. The average Bonchev–Trinajstić information content (AvgIpc) is 3.00. The third-order valence-corrected chi connectivity index (χ3v) is 4.67. The van der Waals surface area contributed by atoms with Crippen molar-refractivity contribution in [3.63, 3.8) is 0 Å². The zero-order valence-corrected chi connectivity index (χ0v) is 15.5. The predicted octanol–water partition coefficient (Wildman–Crippen LogP) is 3.70. The zero-order valence-electron chi connectivity index (χ0n) is 14.7. The molecule has 0 saturated heterocycles. The largest absolute Gasteiger partial charge is 0.334 e. The molecular weight excluding hydrogens is 358 g/mol. The molecule has 0 aliphatic heterocycles. The summed E-state index contributed by atoms with van der Waals surface area (Å²) >= 11 is 5.55. The van der Waals surface area contributed by atoms with Crippen molar-refractivity contribution in [2.75, 3.05) is 0 Å². The SMILES string of the molecule is Cc1cc(C)cc(-n2c(=O)[nH]c3c(C#N)c(-c4ccccc4)nn3c2=S)c1. The molecule has 2 heterocycles. The van der Waals surface area contributed by atoms with Crippen molar-refractivity contribution >= 4 is 17.9 Å². The Morgan fingerprint density at radius 2 is 1.78 bits per heavy atom. The number of nitrogens with one attached hydrogen (secondary N) is 1. The number of nitriles is 1. The molecule has 2 aromatic carbocycles. The Kier molecular flexibility index (Phi) is 3.98. The molecule has 0 aliphatic carbocycles. The van der Waals surface area contributed by atoms with E-state index in [4.69, 9.17) is 12.2 Å². The smallest absolute Gasteiger partial charge is 0.290 e. The lowest BCUT2D eigenvalue weighted by atomic mass is 10.1. The normalized spacial score (nSPS) is 10.9. The fourth-order valence-corrected chi connectivity index (χ4v) is 3.54. The van der Waals surface area contributed by atoms with Gasteiger partial charge in [0.25, 0.3) is 0 Å². The van der Waals surface area contributed by atoms with Gasteiger partial charge in [-0.05, 0) is 49.3 Å². The van der Waals surface area contributed by atoms with Crippen LogP contribution in [0.3, 0.4) is 0 Å². The summed E-state index contributed by atoms with van der Waals surface area (Å²) < 4.78 is 3.04. The molecule has 0 fully saturated rings. The molecule has 132 valence electrons. The van der Waals surface area contributed by atoms with Crippen LogP contribution >= 0.6 is 12.2 Å². The predicted molar refractivity (Wildman–Crippen MR) is 106 cm³/mol. The Labute approximate surface area is 160 Å². The minimum atomic E-state index is -0.409. The lowest BCUT2D eigenvalue weighted by Crippen LogP contribution is -2.25. The monoisotopic (exact) mass is 373 g/mol. The second kappa shape index (κ2) is 6.34. The Hall–Kier alpha value is -3.50. The van der Waals surface area contributed by atoms with Crippen LogP contribution in [-0.4, -0.2) is 19.2 Å². The summed E-state index contributed by atoms with van der Waals surface area (Å²) in [6.07, 6.45) is 0. The van der Waals surface area contributed by atoms with E-state index in [0.717, 1.165) is 16.7 Å². The van der Waals surface area contributed by atoms with Gasteiger partial charge in [-0.1, -0.05) is 36.4 Å². The van der Waals surface area contributed by atoms with Crippen molar-refractivity contribution < 1.29 is 0 Å². The maximum absolute atomic E-state index is 12.8. The van der Waals surface area contributed by atoms with Gasteiger partial charge in [0.05, 0.1) is 5.69 Å². The third-order valence-electron chi connectivity index (χ3n) is 4.31. The number of fused-ring (bicyclic) bond motifs is 1. The van der Waals surface area contributed by atoms with Crippen LogP contribution in [0.15, 0.2) is 53.3 Å². The number of aromatic nitrogens is 4. The molecule has 7 heteroatoms. The van der Waals surface area contributed by atoms with E-state index in [0.29, 0.717) is 17.0 Å². The molecule has 0 amide bonds. The first-order chi connectivity index (χ1) is 13.0. The maximum atomic E-state index is 12.8. The van der Waals surface area contributed by atoms with Gasteiger partial charge in [0, 0.05) is 5.56 Å². The van der Waals surface area contributed by atoms with E-state index in [1.165, 1.54) is 9.08 Å². The molecule has 0 bridgehead atoms. The van der Waals surface area contributed by atoms with Crippen LogP contribution in [0.1, 0.15) is 16.7 Å². The number of nitrogens with zero attached hydrogens (tertiary/aromatic N) is 4. The van der Waals surface area contributed by atoms with Crippen LogP contribution in [-0.2, 0) is 0 Å². The summed E-state index contributed by atoms with van der Waals surface area (Å²) in [6.45, 7) is 3.92. The number of aromatic amines is 1. The van der Waals surface area contributed by atoms with Gasteiger partial charge in [0.2, 0.25) is 4.77 Å².